The van der Waals surface area contributed by atoms with E-state index >= 15 is 0 Å². The van der Waals surface area contributed by atoms with Crippen molar-refractivity contribution < 1.29 is 9.59 Å². The van der Waals surface area contributed by atoms with Crippen molar-refractivity contribution in [1.29, 1.82) is 0 Å². The molecule has 4 nitrogen and oxygen atoms in total. The molecule has 132 valence electrons. The quantitative estimate of drug-likeness (QED) is 0.856. The minimum atomic E-state index is -0.216. The molecule has 0 bridgehead atoms. The SMILES string of the molecule is CC(=O)N(CC(=O)NCCc1ccccc1)c1c(C)cc(C)cc1Cl. The van der Waals surface area contributed by atoms with E-state index in [9.17, 15) is 9.59 Å². The zero-order chi connectivity index (χ0) is 18.4. The van der Waals surface area contributed by atoms with E-state index in [1.165, 1.54) is 11.8 Å². The number of nitrogens with one attached hydrogen (secondary N) is 1. The lowest BCUT2D eigenvalue weighted by atomic mass is 10.1. The molecular formula is C20H23ClN2O2. The molecule has 0 saturated carbocycles. The lowest BCUT2D eigenvalue weighted by Crippen LogP contribution is -2.40. The fourth-order valence-corrected chi connectivity index (χ4v) is 3.21. The smallest absolute Gasteiger partial charge is 0.240 e. The van der Waals surface area contributed by atoms with Crippen LogP contribution in [0.5, 0.6) is 0 Å². The van der Waals surface area contributed by atoms with Gasteiger partial charge in [-0.3, -0.25) is 9.59 Å². The number of rotatable bonds is 6. The molecular weight excluding hydrogens is 336 g/mol. The standard InChI is InChI=1S/C20H23ClN2O2/c1-14-11-15(2)20(18(21)12-14)23(16(3)24)13-19(25)22-10-9-17-7-5-4-6-8-17/h4-8,11-12H,9-10,13H2,1-3H3,(H,22,25). The first-order chi connectivity index (χ1) is 11.9. The van der Waals surface area contributed by atoms with Crippen molar-refractivity contribution in [2.75, 3.05) is 18.0 Å². The van der Waals surface area contributed by atoms with Gasteiger partial charge >= 0.3 is 0 Å². The fourth-order valence-electron chi connectivity index (χ4n) is 2.79. The highest BCUT2D eigenvalue weighted by molar-refractivity contribution is 6.34. The van der Waals surface area contributed by atoms with Crippen LogP contribution in [0, 0.1) is 13.8 Å². The molecule has 25 heavy (non-hydrogen) atoms. The van der Waals surface area contributed by atoms with Gasteiger partial charge in [0.2, 0.25) is 11.8 Å². The van der Waals surface area contributed by atoms with E-state index in [4.69, 9.17) is 11.6 Å². The molecule has 5 heteroatoms. The topological polar surface area (TPSA) is 49.4 Å². The Hall–Kier alpha value is -2.33. The number of nitrogens with zero attached hydrogens (tertiary/aromatic N) is 1. The van der Waals surface area contributed by atoms with Gasteiger partial charge in [0.1, 0.15) is 6.54 Å². The van der Waals surface area contributed by atoms with Crippen molar-refractivity contribution in [2.24, 2.45) is 0 Å². The van der Waals surface area contributed by atoms with Crippen LogP contribution in [0.2, 0.25) is 5.02 Å². The van der Waals surface area contributed by atoms with Crippen molar-refractivity contribution in [3.8, 4) is 0 Å². The summed E-state index contributed by atoms with van der Waals surface area (Å²) in [5.41, 5.74) is 3.64. The molecule has 2 aromatic rings. The van der Waals surface area contributed by atoms with Crippen molar-refractivity contribution >= 4 is 29.1 Å². The molecule has 2 aromatic carbocycles. The summed E-state index contributed by atoms with van der Waals surface area (Å²) in [5.74, 6) is -0.422. The highest BCUT2D eigenvalue weighted by Gasteiger charge is 2.20. The van der Waals surface area contributed by atoms with Crippen LogP contribution in [0.1, 0.15) is 23.6 Å². The molecule has 0 saturated heterocycles. The number of halogens is 1. The maximum absolute atomic E-state index is 12.3. The third-order valence-electron chi connectivity index (χ3n) is 3.93. The van der Waals surface area contributed by atoms with Gasteiger partial charge in [-0.25, -0.2) is 0 Å². The third kappa shape index (κ3) is 5.33. The molecule has 0 heterocycles. The van der Waals surface area contributed by atoms with Gasteiger partial charge in [0.25, 0.3) is 0 Å². The van der Waals surface area contributed by atoms with Crippen LogP contribution in [-0.4, -0.2) is 24.9 Å². The first-order valence-electron chi connectivity index (χ1n) is 8.24. The summed E-state index contributed by atoms with van der Waals surface area (Å²) in [5, 5.41) is 3.34. The highest BCUT2D eigenvalue weighted by Crippen LogP contribution is 2.31. The number of carbonyl (C=O) groups is 2. The van der Waals surface area contributed by atoms with Gasteiger partial charge < -0.3 is 10.2 Å². The number of hydrogen-bond acceptors (Lipinski definition) is 2. The zero-order valence-corrected chi connectivity index (χ0v) is 15.6. The van der Waals surface area contributed by atoms with E-state index in [0.717, 1.165) is 23.1 Å². The Morgan fingerprint density at radius 2 is 1.80 bits per heavy atom. The van der Waals surface area contributed by atoms with E-state index in [2.05, 4.69) is 5.32 Å². The number of aryl methyl sites for hydroxylation is 2. The minimum Gasteiger partial charge on any atom is -0.354 e. The Morgan fingerprint density at radius 1 is 1.12 bits per heavy atom. The molecule has 1 N–H and O–H groups in total. The van der Waals surface area contributed by atoms with Crippen LogP contribution in [0.25, 0.3) is 0 Å². The van der Waals surface area contributed by atoms with Crippen molar-refractivity contribution in [1.82, 2.24) is 5.32 Å². The fraction of sp³-hybridized carbons (Fsp3) is 0.300. The highest BCUT2D eigenvalue weighted by atomic mass is 35.5. The van der Waals surface area contributed by atoms with Crippen LogP contribution in [0.3, 0.4) is 0 Å². The average molecular weight is 359 g/mol. The summed E-state index contributed by atoms with van der Waals surface area (Å²) in [6.07, 6.45) is 0.747. The normalized spacial score (nSPS) is 10.4. The summed E-state index contributed by atoms with van der Waals surface area (Å²) >= 11 is 6.32. The molecule has 0 aliphatic heterocycles. The van der Waals surface area contributed by atoms with Crippen LogP contribution < -0.4 is 10.2 Å². The van der Waals surface area contributed by atoms with E-state index in [0.29, 0.717) is 17.3 Å². The third-order valence-corrected chi connectivity index (χ3v) is 4.22. The van der Waals surface area contributed by atoms with E-state index in [1.807, 2.05) is 50.2 Å². The lowest BCUT2D eigenvalue weighted by Gasteiger charge is -2.24. The Morgan fingerprint density at radius 3 is 2.40 bits per heavy atom. The number of benzene rings is 2. The van der Waals surface area contributed by atoms with Gasteiger partial charge in [-0.15, -0.1) is 0 Å². The van der Waals surface area contributed by atoms with Crippen LogP contribution >= 0.6 is 11.6 Å². The number of carbonyl (C=O) groups excluding carboxylic acids is 2. The Bertz CT molecular complexity index is 737. The maximum atomic E-state index is 12.3. The van der Waals surface area contributed by atoms with E-state index in [-0.39, 0.29) is 18.4 Å². The minimum absolute atomic E-state index is 0.0479. The molecule has 0 aliphatic rings. The lowest BCUT2D eigenvalue weighted by molar-refractivity contribution is -0.123. The second kappa shape index (κ2) is 8.67. The van der Waals surface area contributed by atoms with Gasteiger partial charge in [0.15, 0.2) is 0 Å². The van der Waals surface area contributed by atoms with E-state index in [1.54, 1.807) is 6.07 Å². The second-order valence-corrected chi connectivity index (χ2v) is 6.51. The van der Waals surface area contributed by atoms with Gasteiger partial charge in [-0.1, -0.05) is 48.0 Å². The summed E-state index contributed by atoms with van der Waals surface area (Å²) in [6.45, 7) is 5.74. The van der Waals surface area contributed by atoms with Gasteiger partial charge in [-0.2, -0.15) is 0 Å². The molecule has 2 amide bonds. The molecule has 0 aromatic heterocycles. The first-order valence-corrected chi connectivity index (χ1v) is 8.61. The molecule has 0 radical (unpaired) electrons. The average Bonchev–Trinajstić information content (AvgIpc) is 2.54. The molecule has 2 rings (SSSR count). The zero-order valence-electron chi connectivity index (χ0n) is 14.8. The molecule has 0 atom stereocenters. The number of hydrogen-bond donors (Lipinski definition) is 1. The van der Waals surface area contributed by atoms with Crippen LogP contribution in [-0.2, 0) is 16.0 Å². The summed E-state index contributed by atoms with van der Waals surface area (Å²) in [4.78, 5) is 25.7. The predicted molar refractivity (Wildman–Crippen MR) is 102 cm³/mol. The second-order valence-electron chi connectivity index (χ2n) is 6.10. The van der Waals surface area contributed by atoms with Gasteiger partial charge in [0, 0.05) is 13.5 Å². The Kier molecular flexibility index (Phi) is 6.59. The molecule has 0 fully saturated rings. The van der Waals surface area contributed by atoms with Crippen LogP contribution in [0.15, 0.2) is 42.5 Å². The maximum Gasteiger partial charge on any atom is 0.240 e. The van der Waals surface area contributed by atoms with E-state index < -0.39 is 0 Å². The summed E-state index contributed by atoms with van der Waals surface area (Å²) in [6, 6.07) is 13.7. The van der Waals surface area contributed by atoms with Crippen molar-refractivity contribution in [3.63, 3.8) is 0 Å². The Labute approximate surface area is 153 Å². The number of amides is 2. The van der Waals surface area contributed by atoms with Gasteiger partial charge in [-0.05, 0) is 43.0 Å². The largest absolute Gasteiger partial charge is 0.354 e. The van der Waals surface area contributed by atoms with Crippen molar-refractivity contribution in [2.45, 2.75) is 27.2 Å². The van der Waals surface area contributed by atoms with Crippen molar-refractivity contribution in [3.05, 3.63) is 64.2 Å². The number of anilines is 1. The monoisotopic (exact) mass is 358 g/mol. The Balaban J connectivity index is 2.02. The molecule has 0 unspecified atom stereocenters. The summed E-state index contributed by atoms with van der Waals surface area (Å²) < 4.78 is 0. The molecule has 0 aliphatic carbocycles. The first kappa shape index (κ1) is 19.0. The van der Waals surface area contributed by atoms with Crippen LogP contribution in [0.4, 0.5) is 5.69 Å². The summed E-state index contributed by atoms with van der Waals surface area (Å²) in [7, 11) is 0. The predicted octanol–water partition coefficient (Wildman–Crippen LogP) is 3.67. The molecule has 0 spiro atoms. The van der Waals surface area contributed by atoms with Gasteiger partial charge in [0.05, 0.1) is 10.7 Å².